The first-order valence-corrected chi connectivity index (χ1v) is 7.10. The maximum Gasteiger partial charge on any atom is 0.307 e. The van der Waals surface area contributed by atoms with Gasteiger partial charge in [-0.3, -0.25) is 4.79 Å². The summed E-state index contributed by atoms with van der Waals surface area (Å²) in [5, 5.41) is 12.2. The van der Waals surface area contributed by atoms with Gasteiger partial charge in [0.25, 0.3) is 0 Å². The number of nitrogens with one attached hydrogen (secondary N) is 1. The molecule has 108 valence electrons. The van der Waals surface area contributed by atoms with Gasteiger partial charge in [0.15, 0.2) is 0 Å². The minimum absolute atomic E-state index is 0.0631. The minimum atomic E-state index is -0.799. The summed E-state index contributed by atoms with van der Waals surface area (Å²) < 4.78 is 0. The standard InChI is InChI=1S/C17H18N2O2/c20-17(21)11-14-6-7-16-15(10-14)18-8-9-19(16)12-13-4-2-1-3-5-13/h1-7,10,18H,8-9,11-12H2,(H,20,21). The number of hydrogen-bond acceptors (Lipinski definition) is 3. The fourth-order valence-corrected chi connectivity index (χ4v) is 2.70. The zero-order valence-corrected chi connectivity index (χ0v) is 11.7. The number of fused-ring (bicyclic) bond motifs is 1. The summed E-state index contributed by atoms with van der Waals surface area (Å²) in [5.41, 5.74) is 4.27. The molecule has 0 radical (unpaired) electrons. The van der Waals surface area contributed by atoms with Crippen LogP contribution in [0.25, 0.3) is 0 Å². The van der Waals surface area contributed by atoms with E-state index in [0.717, 1.165) is 36.6 Å². The summed E-state index contributed by atoms with van der Waals surface area (Å²) in [6.45, 7) is 2.68. The number of benzene rings is 2. The lowest BCUT2D eigenvalue weighted by Gasteiger charge is -2.32. The van der Waals surface area contributed by atoms with E-state index in [1.165, 1.54) is 5.56 Å². The summed E-state index contributed by atoms with van der Waals surface area (Å²) in [6, 6.07) is 16.2. The topological polar surface area (TPSA) is 52.6 Å². The smallest absolute Gasteiger partial charge is 0.307 e. The van der Waals surface area contributed by atoms with Crippen molar-refractivity contribution < 1.29 is 9.90 Å². The normalized spacial score (nSPS) is 13.4. The average Bonchev–Trinajstić information content (AvgIpc) is 2.48. The Kier molecular flexibility index (Phi) is 3.77. The van der Waals surface area contributed by atoms with Gasteiger partial charge in [-0.1, -0.05) is 36.4 Å². The molecular weight excluding hydrogens is 264 g/mol. The van der Waals surface area contributed by atoms with Gasteiger partial charge in [0, 0.05) is 19.6 Å². The van der Waals surface area contributed by atoms with Gasteiger partial charge in [-0.25, -0.2) is 0 Å². The number of carboxylic acids is 1. The summed E-state index contributed by atoms with van der Waals surface area (Å²) in [6.07, 6.45) is 0.0631. The number of hydrogen-bond donors (Lipinski definition) is 2. The van der Waals surface area contributed by atoms with Gasteiger partial charge in [-0.15, -0.1) is 0 Å². The maximum atomic E-state index is 10.8. The van der Waals surface area contributed by atoms with Crippen LogP contribution in [0.15, 0.2) is 48.5 Å². The second kappa shape index (κ2) is 5.87. The van der Waals surface area contributed by atoms with E-state index >= 15 is 0 Å². The number of carboxylic acid groups (broad SMARTS) is 1. The lowest BCUT2D eigenvalue weighted by atomic mass is 10.1. The fourth-order valence-electron chi connectivity index (χ4n) is 2.70. The molecule has 0 saturated heterocycles. The van der Waals surface area contributed by atoms with Crippen LogP contribution in [0.5, 0.6) is 0 Å². The van der Waals surface area contributed by atoms with E-state index in [9.17, 15) is 4.79 Å². The zero-order valence-electron chi connectivity index (χ0n) is 11.7. The van der Waals surface area contributed by atoms with Gasteiger partial charge in [0.1, 0.15) is 0 Å². The second-order valence-corrected chi connectivity index (χ2v) is 5.26. The van der Waals surface area contributed by atoms with Crippen molar-refractivity contribution in [1.29, 1.82) is 0 Å². The molecule has 0 spiro atoms. The van der Waals surface area contributed by atoms with Crippen molar-refractivity contribution in [2.75, 3.05) is 23.3 Å². The molecule has 3 rings (SSSR count). The maximum absolute atomic E-state index is 10.8. The highest BCUT2D eigenvalue weighted by atomic mass is 16.4. The van der Waals surface area contributed by atoms with Crippen LogP contribution in [0, 0.1) is 0 Å². The molecule has 4 nitrogen and oxygen atoms in total. The van der Waals surface area contributed by atoms with Gasteiger partial charge in [-0.2, -0.15) is 0 Å². The van der Waals surface area contributed by atoms with Gasteiger partial charge < -0.3 is 15.3 Å². The van der Waals surface area contributed by atoms with Crippen LogP contribution in [0.3, 0.4) is 0 Å². The Labute approximate surface area is 124 Å². The van der Waals surface area contributed by atoms with E-state index in [4.69, 9.17) is 5.11 Å². The molecular formula is C17H18N2O2. The SMILES string of the molecule is O=C(O)Cc1ccc2c(c1)NCCN2Cc1ccccc1. The molecule has 0 bridgehead atoms. The van der Waals surface area contributed by atoms with E-state index in [0.29, 0.717) is 0 Å². The molecule has 1 aliphatic heterocycles. The van der Waals surface area contributed by atoms with Crippen LogP contribution in [-0.2, 0) is 17.8 Å². The Morgan fingerprint density at radius 3 is 2.71 bits per heavy atom. The fraction of sp³-hybridized carbons (Fsp3) is 0.235. The van der Waals surface area contributed by atoms with E-state index in [1.54, 1.807) is 0 Å². The Morgan fingerprint density at radius 2 is 1.95 bits per heavy atom. The molecule has 21 heavy (non-hydrogen) atoms. The van der Waals surface area contributed by atoms with Gasteiger partial charge in [0.05, 0.1) is 17.8 Å². The highest BCUT2D eigenvalue weighted by Gasteiger charge is 2.17. The highest BCUT2D eigenvalue weighted by molar-refractivity contribution is 5.76. The van der Waals surface area contributed by atoms with Crippen molar-refractivity contribution >= 4 is 17.3 Å². The summed E-state index contributed by atoms with van der Waals surface area (Å²) in [7, 11) is 0. The number of carbonyl (C=O) groups is 1. The molecule has 0 unspecified atom stereocenters. The molecule has 1 heterocycles. The molecule has 2 aromatic rings. The molecule has 0 aromatic heterocycles. The van der Waals surface area contributed by atoms with Gasteiger partial charge in [0.2, 0.25) is 0 Å². The predicted octanol–water partition coefficient (Wildman–Crippen LogP) is 2.75. The van der Waals surface area contributed by atoms with Gasteiger partial charge in [-0.05, 0) is 23.3 Å². The van der Waals surface area contributed by atoms with Crippen molar-refractivity contribution in [3.05, 3.63) is 59.7 Å². The number of aliphatic carboxylic acids is 1. The Bertz CT molecular complexity index is 640. The second-order valence-electron chi connectivity index (χ2n) is 5.26. The first-order valence-electron chi connectivity index (χ1n) is 7.10. The Hall–Kier alpha value is -2.49. The Balaban J connectivity index is 1.83. The molecule has 0 fully saturated rings. The summed E-state index contributed by atoms with van der Waals surface area (Å²) >= 11 is 0. The van der Waals surface area contributed by atoms with Crippen LogP contribution in [0.2, 0.25) is 0 Å². The average molecular weight is 282 g/mol. The van der Waals surface area contributed by atoms with Gasteiger partial charge >= 0.3 is 5.97 Å². The van der Waals surface area contributed by atoms with Crippen LogP contribution >= 0.6 is 0 Å². The summed E-state index contributed by atoms with van der Waals surface area (Å²) in [4.78, 5) is 13.1. The lowest BCUT2D eigenvalue weighted by molar-refractivity contribution is -0.136. The lowest BCUT2D eigenvalue weighted by Crippen LogP contribution is -2.33. The predicted molar refractivity (Wildman–Crippen MR) is 83.8 cm³/mol. The van der Waals surface area contributed by atoms with E-state index in [1.807, 2.05) is 36.4 Å². The van der Waals surface area contributed by atoms with Crippen molar-refractivity contribution in [2.24, 2.45) is 0 Å². The van der Waals surface area contributed by atoms with Crippen LogP contribution < -0.4 is 10.2 Å². The number of nitrogens with zero attached hydrogens (tertiary/aromatic N) is 1. The number of anilines is 2. The van der Waals surface area contributed by atoms with Crippen molar-refractivity contribution in [3.8, 4) is 0 Å². The van der Waals surface area contributed by atoms with Crippen LogP contribution in [-0.4, -0.2) is 24.2 Å². The minimum Gasteiger partial charge on any atom is -0.481 e. The van der Waals surface area contributed by atoms with Crippen molar-refractivity contribution in [1.82, 2.24) is 0 Å². The zero-order chi connectivity index (χ0) is 14.7. The van der Waals surface area contributed by atoms with Crippen molar-refractivity contribution in [2.45, 2.75) is 13.0 Å². The third-order valence-corrected chi connectivity index (χ3v) is 3.67. The highest BCUT2D eigenvalue weighted by Crippen LogP contribution is 2.31. The number of rotatable bonds is 4. The molecule has 0 atom stereocenters. The monoisotopic (exact) mass is 282 g/mol. The third kappa shape index (κ3) is 3.16. The first kappa shape index (κ1) is 13.5. The van der Waals surface area contributed by atoms with E-state index in [2.05, 4.69) is 22.3 Å². The molecule has 4 heteroatoms. The first-order chi connectivity index (χ1) is 10.2. The van der Waals surface area contributed by atoms with E-state index < -0.39 is 5.97 Å². The third-order valence-electron chi connectivity index (χ3n) is 3.67. The quantitative estimate of drug-likeness (QED) is 0.905. The molecule has 0 amide bonds. The van der Waals surface area contributed by atoms with Crippen molar-refractivity contribution in [3.63, 3.8) is 0 Å². The molecule has 2 aromatic carbocycles. The summed E-state index contributed by atoms with van der Waals surface area (Å²) in [5.74, 6) is -0.799. The van der Waals surface area contributed by atoms with Crippen LogP contribution in [0.1, 0.15) is 11.1 Å². The van der Waals surface area contributed by atoms with E-state index in [-0.39, 0.29) is 6.42 Å². The Morgan fingerprint density at radius 1 is 1.14 bits per heavy atom. The molecule has 0 aliphatic carbocycles. The van der Waals surface area contributed by atoms with Crippen LogP contribution in [0.4, 0.5) is 11.4 Å². The molecule has 2 N–H and O–H groups in total. The molecule has 1 aliphatic rings. The largest absolute Gasteiger partial charge is 0.481 e. The molecule has 0 saturated carbocycles.